The Labute approximate surface area is 111 Å². The highest BCUT2D eigenvalue weighted by Crippen LogP contribution is 2.41. The molecule has 0 radical (unpaired) electrons. The van der Waals surface area contributed by atoms with Crippen LogP contribution in [0.15, 0.2) is 12.4 Å². The van der Waals surface area contributed by atoms with Gasteiger partial charge in [0.1, 0.15) is 0 Å². The first-order valence-electron chi connectivity index (χ1n) is 7.42. The molecule has 1 aliphatic carbocycles. The van der Waals surface area contributed by atoms with E-state index in [-0.39, 0.29) is 0 Å². The molecule has 1 aromatic heterocycles. The molecule has 3 nitrogen and oxygen atoms in total. The monoisotopic (exact) mass is 249 g/mol. The molecular weight excluding hydrogens is 222 g/mol. The fourth-order valence-corrected chi connectivity index (χ4v) is 3.26. The lowest BCUT2D eigenvalue weighted by Crippen LogP contribution is -2.43. The number of hydrogen-bond acceptors (Lipinski definition) is 2. The van der Waals surface area contributed by atoms with Gasteiger partial charge in [-0.2, -0.15) is 5.10 Å². The molecule has 1 aliphatic rings. The Bertz CT molecular complexity index is 364. The van der Waals surface area contributed by atoms with Gasteiger partial charge in [0.2, 0.25) is 0 Å². The van der Waals surface area contributed by atoms with Gasteiger partial charge in [0.15, 0.2) is 0 Å². The van der Waals surface area contributed by atoms with Crippen LogP contribution in [0.2, 0.25) is 0 Å². The van der Waals surface area contributed by atoms with E-state index in [9.17, 15) is 0 Å². The van der Waals surface area contributed by atoms with Crippen LogP contribution in [-0.2, 0) is 13.0 Å². The largest absolute Gasteiger partial charge is 0.313 e. The maximum absolute atomic E-state index is 4.39. The highest BCUT2D eigenvalue weighted by molar-refractivity contribution is 5.09. The standard InChI is InChI=1S/C15H27N3/c1-4-16-14(15(3)8-6-7-9-15)10-13-11-17-18(5-2)12-13/h11-12,14,16H,4-10H2,1-3H3. The highest BCUT2D eigenvalue weighted by Gasteiger charge is 2.36. The summed E-state index contributed by atoms with van der Waals surface area (Å²) in [4.78, 5) is 0. The molecule has 1 N–H and O–H groups in total. The van der Waals surface area contributed by atoms with Crippen LogP contribution in [-0.4, -0.2) is 22.4 Å². The third kappa shape index (κ3) is 2.94. The molecule has 0 aliphatic heterocycles. The van der Waals surface area contributed by atoms with Gasteiger partial charge in [0, 0.05) is 18.8 Å². The predicted molar refractivity (Wildman–Crippen MR) is 75.6 cm³/mol. The van der Waals surface area contributed by atoms with Gasteiger partial charge in [0.05, 0.1) is 6.20 Å². The summed E-state index contributed by atoms with van der Waals surface area (Å²) in [6, 6.07) is 0.597. The Hall–Kier alpha value is -0.830. The van der Waals surface area contributed by atoms with E-state index >= 15 is 0 Å². The van der Waals surface area contributed by atoms with Crippen LogP contribution in [0.25, 0.3) is 0 Å². The third-order valence-electron chi connectivity index (χ3n) is 4.49. The number of hydrogen-bond donors (Lipinski definition) is 1. The van der Waals surface area contributed by atoms with E-state index in [1.54, 1.807) is 0 Å². The van der Waals surface area contributed by atoms with Crippen molar-refractivity contribution in [2.75, 3.05) is 6.54 Å². The number of nitrogens with zero attached hydrogens (tertiary/aromatic N) is 2. The first-order valence-corrected chi connectivity index (χ1v) is 7.42. The summed E-state index contributed by atoms with van der Waals surface area (Å²) in [5.41, 5.74) is 1.85. The minimum absolute atomic E-state index is 0.477. The van der Waals surface area contributed by atoms with Crippen LogP contribution in [0.4, 0.5) is 0 Å². The molecular formula is C15H27N3. The Morgan fingerprint density at radius 1 is 1.39 bits per heavy atom. The summed E-state index contributed by atoms with van der Waals surface area (Å²) < 4.78 is 2.02. The van der Waals surface area contributed by atoms with Crippen molar-refractivity contribution in [1.82, 2.24) is 15.1 Å². The van der Waals surface area contributed by atoms with E-state index in [0.29, 0.717) is 11.5 Å². The quantitative estimate of drug-likeness (QED) is 0.840. The normalized spacial score (nSPS) is 20.2. The Balaban J connectivity index is 2.05. The Kier molecular flexibility index (Phi) is 4.44. The van der Waals surface area contributed by atoms with Gasteiger partial charge in [-0.15, -0.1) is 0 Å². The smallest absolute Gasteiger partial charge is 0.0522 e. The fourth-order valence-electron chi connectivity index (χ4n) is 3.26. The summed E-state index contributed by atoms with van der Waals surface area (Å²) in [6.45, 7) is 8.82. The second kappa shape index (κ2) is 5.87. The minimum atomic E-state index is 0.477. The molecule has 1 heterocycles. The summed E-state index contributed by atoms with van der Waals surface area (Å²) >= 11 is 0. The molecule has 1 fully saturated rings. The Morgan fingerprint density at radius 2 is 2.11 bits per heavy atom. The lowest BCUT2D eigenvalue weighted by molar-refractivity contribution is 0.222. The molecule has 0 amide bonds. The molecule has 102 valence electrons. The van der Waals surface area contributed by atoms with Crippen molar-refractivity contribution in [2.24, 2.45) is 5.41 Å². The molecule has 0 bridgehead atoms. The van der Waals surface area contributed by atoms with E-state index < -0.39 is 0 Å². The molecule has 0 saturated heterocycles. The zero-order valence-corrected chi connectivity index (χ0v) is 12.1. The third-order valence-corrected chi connectivity index (χ3v) is 4.49. The van der Waals surface area contributed by atoms with Crippen LogP contribution in [0.5, 0.6) is 0 Å². The number of nitrogens with one attached hydrogen (secondary N) is 1. The average molecular weight is 249 g/mol. The van der Waals surface area contributed by atoms with Crippen molar-refractivity contribution < 1.29 is 0 Å². The summed E-state index contributed by atoms with van der Waals surface area (Å²) in [6.07, 6.45) is 10.9. The zero-order chi connectivity index (χ0) is 13.0. The van der Waals surface area contributed by atoms with Crippen molar-refractivity contribution in [3.05, 3.63) is 18.0 Å². The van der Waals surface area contributed by atoms with Crippen molar-refractivity contribution in [2.45, 2.75) is 65.5 Å². The van der Waals surface area contributed by atoms with Crippen LogP contribution >= 0.6 is 0 Å². The molecule has 0 aromatic carbocycles. The summed E-state index contributed by atoms with van der Waals surface area (Å²) in [7, 11) is 0. The van der Waals surface area contributed by atoms with Gasteiger partial charge in [-0.3, -0.25) is 4.68 Å². The molecule has 1 atom stereocenters. The van der Waals surface area contributed by atoms with Crippen molar-refractivity contribution in [1.29, 1.82) is 0 Å². The number of likely N-dealkylation sites (N-methyl/N-ethyl adjacent to an activating group) is 1. The van der Waals surface area contributed by atoms with E-state index in [4.69, 9.17) is 0 Å². The SMILES string of the molecule is CCNC(Cc1cnn(CC)c1)C1(C)CCCC1. The van der Waals surface area contributed by atoms with Crippen molar-refractivity contribution in [3.8, 4) is 0 Å². The van der Waals surface area contributed by atoms with Crippen LogP contribution in [0, 0.1) is 5.41 Å². The van der Waals surface area contributed by atoms with E-state index in [0.717, 1.165) is 19.5 Å². The average Bonchev–Trinajstić information content (AvgIpc) is 2.98. The van der Waals surface area contributed by atoms with Crippen molar-refractivity contribution in [3.63, 3.8) is 0 Å². The molecule has 1 aromatic rings. The topological polar surface area (TPSA) is 29.9 Å². The molecule has 0 spiro atoms. The van der Waals surface area contributed by atoms with E-state index in [1.165, 1.54) is 31.2 Å². The number of aryl methyl sites for hydroxylation is 1. The van der Waals surface area contributed by atoms with Gasteiger partial charge in [-0.1, -0.05) is 26.7 Å². The number of aromatic nitrogens is 2. The molecule has 2 rings (SSSR count). The number of rotatable bonds is 6. The zero-order valence-electron chi connectivity index (χ0n) is 12.1. The second-order valence-corrected chi connectivity index (χ2v) is 5.88. The van der Waals surface area contributed by atoms with Gasteiger partial charge in [-0.25, -0.2) is 0 Å². The molecule has 18 heavy (non-hydrogen) atoms. The van der Waals surface area contributed by atoms with Crippen molar-refractivity contribution >= 4 is 0 Å². The molecule has 3 heteroatoms. The molecule has 1 saturated carbocycles. The summed E-state index contributed by atoms with van der Waals surface area (Å²) in [5, 5.41) is 8.09. The van der Waals surface area contributed by atoms with Gasteiger partial charge in [-0.05, 0) is 43.7 Å². The predicted octanol–water partition coefficient (Wildman–Crippen LogP) is 3.00. The Morgan fingerprint density at radius 3 is 2.67 bits per heavy atom. The second-order valence-electron chi connectivity index (χ2n) is 5.88. The highest BCUT2D eigenvalue weighted by atomic mass is 15.3. The lowest BCUT2D eigenvalue weighted by atomic mass is 9.78. The first-order chi connectivity index (χ1) is 8.68. The van der Waals surface area contributed by atoms with Gasteiger partial charge < -0.3 is 5.32 Å². The maximum atomic E-state index is 4.39. The lowest BCUT2D eigenvalue weighted by Gasteiger charge is -2.34. The summed E-state index contributed by atoms with van der Waals surface area (Å²) in [5.74, 6) is 0. The van der Waals surface area contributed by atoms with Gasteiger partial charge >= 0.3 is 0 Å². The van der Waals surface area contributed by atoms with Crippen LogP contribution in [0.1, 0.15) is 52.0 Å². The van der Waals surface area contributed by atoms with E-state index in [2.05, 4.69) is 37.4 Å². The van der Waals surface area contributed by atoms with Crippen LogP contribution < -0.4 is 5.32 Å². The van der Waals surface area contributed by atoms with E-state index in [1.807, 2.05) is 10.9 Å². The first kappa shape index (κ1) is 13.6. The minimum Gasteiger partial charge on any atom is -0.313 e. The fraction of sp³-hybridized carbons (Fsp3) is 0.800. The van der Waals surface area contributed by atoms with Gasteiger partial charge in [0.25, 0.3) is 0 Å². The van der Waals surface area contributed by atoms with Crippen LogP contribution in [0.3, 0.4) is 0 Å². The maximum Gasteiger partial charge on any atom is 0.0522 e. The molecule has 1 unspecified atom stereocenters.